The van der Waals surface area contributed by atoms with Crippen LogP contribution in [0.25, 0.3) is 5.65 Å². The molecule has 3 aromatic heterocycles. The summed E-state index contributed by atoms with van der Waals surface area (Å²) in [6.45, 7) is 3.06. The normalized spacial score (nSPS) is 11.9. The number of anilines is 3. The molecule has 3 heterocycles. The summed E-state index contributed by atoms with van der Waals surface area (Å²) in [5.41, 5.74) is 1.47. The van der Waals surface area contributed by atoms with E-state index in [-0.39, 0.29) is 11.8 Å². The highest BCUT2D eigenvalue weighted by molar-refractivity contribution is 6.00. The molecule has 0 radical (unpaired) electrons. The number of ether oxygens (including phenoxy) is 2. The molecule has 3 N–H and O–H groups in total. The second kappa shape index (κ2) is 9.20. The molecule has 0 aliphatic heterocycles. The molecular formula is C19H25N7O3. The third kappa shape index (κ3) is 4.54. The van der Waals surface area contributed by atoms with E-state index in [0.29, 0.717) is 47.6 Å². The van der Waals surface area contributed by atoms with Gasteiger partial charge in [0.1, 0.15) is 22.9 Å². The lowest BCUT2D eigenvalue weighted by Crippen LogP contribution is -2.29. The molecule has 0 aliphatic rings. The second-order valence-electron chi connectivity index (χ2n) is 6.53. The van der Waals surface area contributed by atoms with Crippen LogP contribution in [0.3, 0.4) is 0 Å². The Morgan fingerprint density at radius 1 is 1.34 bits per heavy atom. The molecule has 3 rings (SSSR count). The number of carbonyl (C=O) groups is 1. The lowest BCUT2D eigenvalue weighted by molar-refractivity contribution is 0.0935. The highest BCUT2D eigenvalue weighted by Crippen LogP contribution is 2.26. The molecule has 1 unspecified atom stereocenters. The number of carbonyl (C=O) groups excluding carboxylic acids is 1. The lowest BCUT2D eigenvalue weighted by Gasteiger charge is -2.12. The summed E-state index contributed by atoms with van der Waals surface area (Å²) in [4.78, 5) is 21.4. The van der Waals surface area contributed by atoms with Gasteiger partial charge in [0.2, 0.25) is 5.88 Å². The van der Waals surface area contributed by atoms with Crippen molar-refractivity contribution in [2.75, 3.05) is 45.1 Å². The van der Waals surface area contributed by atoms with E-state index < -0.39 is 0 Å². The first-order valence-electron chi connectivity index (χ1n) is 9.17. The van der Waals surface area contributed by atoms with E-state index >= 15 is 0 Å². The number of amides is 1. The average Bonchev–Trinajstić information content (AvgIpc) is 3.16. The minimum absolute atomic E-state index is 0.196. The van der Waals surface area contributed by atoms with Crippen molar-refractivity contribution in [1.29, 1.82) is 0 Å². The van der Waals surface area contributed by atoms with E-state index in [9.17, 15) is 4.79 Å². The first kappa shape index (κ1) is 20.3. The number of nitrogens with one attached hydrogen (secondary N) is 3. The zero-order valence-electron chi connectivity index (χ0n) is 16.9. The van der Waals surface area contributed by atoms with E-state index in [1.54, 1.807) is 44.1 Å². The van der Waals surface area contributed by atoms with Gasteiger partial charge < -0.3 is 25.4 Å². The monoisotopic (exact) mass is 399 g/mol. The van der Waals surface area contributed by atoms with Crippen molar-refractivity contribution in [2.45, 2.75) is 6.92 Å². The number of fused-ring (bicyclic) bond motifs is 1. The van der Waals surface area contributed by atoms with Crippen molar-refractivity contribution in [3.63, 3.8) is 0 Å². The third-order valence-electron chi connectivity index (χ3n) is 4.26. The van der Waals surface area contributed by atoms with E-state index in [1.165, 1.54) is 6.20 Å². The van der Waals surface area contributed by atoms with E-state index in [1.807, 2.05) is 13.0 Å². The quantitative estimate of drug-likeness (QED) is 0.500. The molecule has 10 nitrogen and oxygen atoms in total. The number of aromatic nitrogens is 4. The smallest absolute Gasteiger partial charge is 0.256 e. The highest BCUT2D eigenvalue weighted by Gasteiger charge is 2.18. The Labute approximate surface area is 168 Å². The Morgan fingerprint density at radius 2 is 2.17 bits per heavy atom. The van der Waals surface area contributed by atoms with Crippen LogP contribution in [0, 0.1) is 5.92 Å². The maximum atomic E-state index is 12.7. The van der Waals surface area contributed by atoms with Crippen LogP contribution >= 0.6 is 0 Å². The first-order valence-corrected chi connectivity index (χ1v) is 9.17. The molecular weight excluding hydrogens is 374 g/mol. The number of hydrogen-bond acceptors (Lipinski definition) is 8. The van der Waals surface area contributed by atoms with Crippen LogP contribution in [-0.4, -0.2) is 59.9 Å². The summed E-state index contributed by atoms with van der Waals surface area (Å²) < 4.78 is 12.0. The highest BCUT2D eigenvalue weighted by atomic mass is 16.5. The molecule has 0 bridgehead atoms. The number of rotatable bonds is 9. The Morgan fingerprint density at radius 3 is 2.90 bits per heavy atom. The van der Waals surface area contributed by atoms with Gasteiger partial charge in [-0.25, -0.2) is 9.97 Å². The van der Waals surface area contributed by atoms with Gasteiger partial charge >= 0.3 is 0 Å². The van der Waals surface area contributed by atoms with Gasteiger partial charge in [0, 0.05) is 33.0 Å². The summed E-state index contributed by atoms with van der Waals surface area (Å²) in [6, 6.07) is 5.41. The van der Waals surface area contributed by atoms with E-state index in [4.69, 9.17) is 9.47 Å². The standard InChI is InChI=1S/C19H25N7O3/c1-12(11-28-3)9-22-18(27)13-10-23-26-16(20-2)8-15(25-17(13)26)24-14-6-5-7-21-19(14)29-4/h5-8,10,12,20H,9,11H2,1-4H3,(H,22,27)(H,24,25). The fraction of sp³-hybridized carbons (Fsp3) is 0.368. The van der Waals surface area contributed by atoms with Crippen LogP contribution in [0.4, 0.5) is 17.3 Å². The van der Waals surface area contributed by atoms with Gasteiger partial charge in [-0.15, -0.1) is 0 Å². The molecule has 0 saturated carbocycles. The molecule has 1 atom stereocenters. The Bertz CT molecular complexity index is 989. The van der Waals surface area contributed by atoms with Gasteiger partial charge in [0.05, 0.1) is 19.9 Å². The predicted molar refractivity (Wildman–Crippen MR) is 110 cm³/mol. The van der Waals surface area contributed by atoms with Crippen molar-refractivity contribution >= 4 is 28.9 Å². The Balaban J connectivity index is 1.91. The zero-order chi connectivity index (χ0) is 20.8. The van der Waals surface area contributed by atoms with Crippen LogP contribution < -0.4 is 20.7 Å². The average molecular weight is 399 g/mol. The minimum atomic E-state index is -0.242. The lowest BCUT2D eigenvalue weighted by atomic mass is 10.2. The van der Waals surface area contributed by atoms with Crippen LogP contribution in [0.5, 0.6) is 5.88 Å². The first-order chi connectivity index (χ1) is 14.1. The van der Waals surface area contributed by atoms with Crippen molar-refractivity contribution < 1.29 is 14.3 Å². The van der Waals surface area contributed by atoms with Gasteiger partial charge in [-0.2, -0.15) is 9.61 Å². The maximum absolute atomic E-state index is 12.7. The van der Waals surface area contributed by atoms with Gasteiger partial charge in [0.25, 0.3) is 5.91 Å². The van der Waals surface area contributed by atoms with Crippen LogP contribution in [-0.2, 0) is 4.74 Å². The third-order valence-corrected chi connectivity index (χ3v) is 4.26. The molecule has 29 heavy (non-hydrogen) atoms. The van der Waals surface area contributed by atoms with Crippen molar-refractivity contribution in [3.05, 3.63) is 36.2 Å². The zero-order valence-corrected chi connectivity index (χ0v) is 16.9. The van der Waals surface area contributed by atoms with Gasteiger partial charge in [-0.05, 0) is 18.1 Å². The molecule has 0 spiro atoms. The molecule has 0 fully saturated rings. The molecule has 0 aliphatic carbocycles. The van der Waals surface area contributed by atoms with E-state index in [0.717, 1.165) is 0 Å². The van der Waals surface area contributed by atoms with Crippen molar-refractivity contribution in [3.8, 4) is 5.88 Å². The SMILES string of the molecule is CNc1cc(Nc2cccnc2OC)nc2c(C(=O)NCC(C)COC)cnn12. The molecule has 1 amide bonds. The molecule has 0 saturated heterocycles. The number of methoxy groups -OCH3 is 2. The minimum Gasteiger partial charge on any atom is -0.480 e. The predicted octanol–water partition coefficient (Wildman–Crippen LogP) is 1.93. The Hall–Kier alpha value is -3.40. The van der Waals surface area contributed by atoms with Gasteiger partial charge in [-0.3, -0.25) is 4.79 Å². The number of nitrogens with zero attached hydrogens (tertiary/aromatic N) is 4. The van der Waals surface area contributed by atoms with Crippen LogP contribution in [0.15, 0.2) is 30.6 Å². The Kier molecular flexibility index (Phi) is 6.45. The fourth-order valence-corrected chi connectivity index (χ4v) is 2.86. The number of hydrogen-bond donors (Lipinski definition) is 3. The van der Waals surface area contributed by atoms with Gasteiger partial charge in [0.15, 0.2) is 5.65 Å². The van der Waals surface area contributed by atoms with E-state index in [2.05, 4.69) is 31.0 Å². The van der Waals surface area contributed by atoms with Crippen LogP contribution in [0.2, 0.25) is 0 Å². The second-order valence-corrected chi connectivity index (χ2v) is 6.53. The molecule has 10 heteroatoms. The summed E-state index contributed by atoms with van der Waals surface area (Å²) >= 11 is 0. The summed E-state index contributed by atoms with van der Waals surface area (Å²) in [7, 11) is 4.96. The van der Waals surface area contributed by atoms with Crippen molar-refractivity contribution in [2.24, 2.45) is 5.92 Å². The topological polar surface area (TPSA) is 115 Å². The summed E-state index contributed by atoms with van der Waals surface area (Å²) in [6.07, 6.45) is 3.15. The largest absolute Gasteiger partial charge is 0.480 e. The molecule has 154 valence electrons. The molecule has 3 aromatic rings. The van der Waals surface area contributed by atoms with Gasteiger partial charge in [-0.1, -0.05) is 6.92 Å². The maximum Gasteiger partial charge on any atom is 0.256 e. The summed E-state index contributed by atoms with van der Waals surface area (Å²) in [5, 5.41) is 13.5. The van der Waals surface area contributed by atoms with Crippen LogP contribution in [0.1, 0.15) is 17.3 Å². The summed E-state index contributed by atoms with van der Waals surface area (Å²) in [5.74, 6) is 1.59. The number of pyridine rings is 1. The molecule has 0 aromatic carbocycles. The van der Waals surface area contributed by atoms with Crippen molar-refractivity contribution in [1.82, 2.24) is 24.9 Å². The fourth-order valence-electron chi connectivity index (χ4n) is 2.86.